The van der Waals surface area contributed by atoms with Crippen molar-refractivity contribution in [1.29, 1.82) is 0 Å². The third-order valence-corrected chi connectivity index (χ3v) is 4.87. The summed E-state index contributed by atoms with van der Waals surface area (Å²) in [6.07, 6.45) is 3.18. The van der Waals surface area contributed by atoms with Crippen molar-refractivity contribution in [2.45, 2.75) is 26.2 Å². The standard InChI is InChI=1S/C23H26N2O4/c1-2-29-20-7-3-16(4-8-20)14-19(23(27)28)15-25-22(26)10-6-17-5-9-21-18(13-17)11-12-24-21/h3-5,7-9,11-13,19,24H,2,6,10,14-15H2,1H3,(H,25,26)(H,27,28). The van der Waals surface area contributed by atoms with Gasteiger partial charge in [0.2, 0.25) is 5.91 Å². The van der Waals surface area contributed by atoms with E-state index < -0.39 is 11.9 Å². The van der Waals surface area contributed by atoms with Gasteiger partial charge in [-0.05, 0) is 66.6 Å². The van der Waals surface area contributed by atoms with E-state index in [2.05, 4.69) is 16.4 Å². The van der Waals surface area contributed by atoms with Crippen molar-refractivity contribution < 1.29 is 19.4 Å². The van der Waals surface area contributed by atoms with Gasteiger partial charge in [0.1, 0.15) is 5.75 Å². The smallest absolute Gasteiger partial charge is 0.308 e. The maximum Gasteiger partial charge on any atom is 0.308 e. The van der Waals surface area contributed by atoms with Gasteiger partial charge >= 0.3 is 5.97 Å². The van der Waals surface area contributed by atoms with Crippen LogP contribution in [0, 0.1) is 5.92 Å². The average Bonchev–Trinajstić information content (AvgIpc) is 3.18. The lowest BCUT2D eigenvalue weighted by Crippen LogP contribution is -2.34. The van der Waals surface area contributed by atoms with Crippen molar-refractivity contribution >= 4 is 22.8 Å². The number of carboxylic acid groups (broad SMARTS) is 1. The summed E-state index contributed by atoms with van der Waals surface area (Å²) in [5.74, 6) is -0.975. The molecule has 3 N–H and O–H groups in total. The second-order valence-corrected chi connectivity index (χ2v) is 7.02. The van der Waals surface area contributed by atoms with Crippen molar-refractivity contribution in [3.05, 3.63) is 65.9 Å². The van der Waals surface area contributed by atoms with E-state index in [-0.39, 0.29) is 12.5 Å². The normalized spacial score (nSPS) is 11.9. The third-order valence-electron chi connectivity index (χ3n) is 4.87. The second-order valence-electron chi connectivity index (χ2n) is 7.02. The highest BCUT2D eigenvalue weighted by Crippen LogP contribution is 2.17. The molecule has 29 heavy (non-hydrogen) atoms. The van der Waals surface area contributed by atoms with Crippen LogP contribution in [0.25, 0.3) is 10.9 Å². The maximum atomic E-state index is 12.2. The molecule has 0 aliphatic rings. The summed E-state index contributed by atoms with van der Waals surface area (Å²) in [5.41, 5.74) is 3.04. The number of hydrogen-bond donors (Lipinski definition) is 3. The minimum absolute atomic E-state index is 0.109. The predicted molar refractivity (Wildman–Crippen MR) is 112 cm³/mol. The largest absolute Gasteiger partial charge is 0.494 e. The number of ether oxygens (including phenoxy) is 1. The molecule has 0 saturated heterocycles. The number of H-pyrrole nitrogens is 1. The molecule has 1 aromatic heterocycles. The van der Waals surface area contributed by atoms with Crippen LogP contribution in [0.3, 0.4) is 0 Å². The molecule has 0 saturated carbocycles. The van der Waals surface area contributed by atoms with E-state index >= 15 is 0 Å². The quantitative estimate of drug-likeness (QED) is 0.490. The van der Waals surface area contributed by atoms with Crippen molar-refractivity contribution in [2.75, 3.05) is 13.2 Å². The van der Waals surface area contributed by atoms with Gasteiger partial charge in [0.05, 0.1) is 12.5 Å². The van der Waals surface area contributed by atoms with Gasteiger partial charge in [-0.1, -0.05) is 18.2 Å². The fourth-order valence-corrected chi connectivity index (χ4v) is 3.26. The van der Waals surface area contributed by atoms with E-state index in [4.69, 9.17) is 4.74 Å². The number of aromatic amines is 1. The Bertz CT molecular complexity index is 962. The molecule has 1 atom stereocenters. The summed E-state index contributed by atoms with van der Waals surface area (Å²) >= 11 is 0. The van der Waals surface area contributed by atoms with Gasteiger partial charge < -0.3 is 20.1 Å². The summed E-state index contributed by atoms with van der Waals surface area (Å²) in [7, 11) is 0. The first-order valence-corrected chi connectivity index (χ1v) is 9.82. The van der Waals surface area contributed by atoms with E-state index in [1.165, 1.54) is 0 Å². The minimum Gasteiger partial charge on any atom is -0.494 e. The molecule has 6 nitrogen and oxygen atoms in total. The highest BCUT2D eigenvalue weighted by atomic mass is 16.5. The minimum atomic E-state index is -0.919. The molecule has 0 aliphatic carbocycles. The number of amides is 1. The Balaban J connectivity index is 1.48. The van der Waals surface area contributed by atoms with E-state index in [0.717, 1.165) is 27.8 Å². The zero-order valence-corrected chi connectivity index (χ0v) is 16.5. The van der Waals surface area contributed by atoms with Gasteiger partial charge in [-0.3, -0.25) is 9.59 Å². The second kappa shape index (κ2) is 9.78. The van der Waals surface area contributed by atoms with Gasteiger partial charge in [0.15, 0.2) is 0 Å². The Morgan fingerprint density at radius 2 is 1.86 bits per heavy atom. The van der Waals surface area contributed by atoms with Gasteiger partial charge in [-0.2, -0.15) is 0 Å². The molecular weight excluding hydrogens is 368 g/mol. The highest BCUT2D eigenvalue weighted by molar-refractivity contribution is 5.81. The van der Waals surface area contributed by atoms with E-state index in [0.29, 0.717) is 25.9 Å². The Kier molecular flexibility index (Phi) is 6.89. The van der Waals surface area contributed by atoms with E-state index in [9.17, 15) is 14.7 Å². The topological polar surface area (TPSA) is 91.4 Å². The Morgan fingerprint density at radius 1 is 1.10 bits per heavy atom. The maximum absolute atomic E-state index is 12.2. The molecule has 152 valence electrons. The third kappa shape index (κ3) is 5.85. The van der Waals surface area contributed by atoms with E-state index in [1.807, 2.05) is 55.6 Å². The molecule has 1 heterocycles. The first kappa shape index (κ1) is 20.5. The van der Waals surface area contributed by atoms with Crippen LogP contribution in [0.4, 0.5) is 0 Å². The van der Waals surface area contributed by atoms with Crippen LogP contribution in [-0.4, -0.2) is 35.1 Å². The molecule has 2 aromatic carbocycles. The molecule has 1 amide bonds. The lowest BCUT2D eigenvalue weighted by atomic mass is 9.99. The van der Waals surface area contributed by atoms with Gasteiger partial charge in [0.25, 0.3) is 0 Å². The summed E-state index contributed by atoms with van der Waals surface area (Å²) < 4.78 is 5.40. The van der Waals surface area contributed by atoms with Crippen LogP contribution in [0.15, 0.2) is 54.7 Å². The lowest BCUT2D eigenvalue weighted by molar-refractivity contribution is -0.141. The first-order valence-electron chi connectivity index (χ1n) is 9.82. The number of benzene rings is 2. The summed E-state index contributed by atoms with van der Waals surface area (Å²) in [4.78, 5) is 26.9. The SMILES string of the molecule is CCOc1ccc(CC(CNC(=O)CCc2ccc3[nH]ccc3c2)C(=O)O)cc1. The number of carbonyl (C=O) groups is 2. The summed E-state index contributed by atoms with van der Waals surface area (Å²) in [6.45, 7) is 2.61. The number of nitrogens with one attached hydrogen (secondary N) is 2. The number of aliphatic carboxylic acids is 1. The average molecular weight is 394 g/mol. The van der Waals surface area contributed by atoms with Gasteiger partial charge in [0, 0.05) is 24.7 Å². The van der Waals surface area contributed by atoms with Crippen molar-refractivity contribution in [2.24, 2.45) is 5.92 Å². The van der Waals surface area contributed by atoms with Crippen LogP contribution >= 0.6 is 0 Å². The molecule has 3 aromatic rings. The van der Waals surface area contributed by atoms with Crippen LogP contribution in [0.5, 0.6) is 5.75 Å². The number of aromatic nitrogens is 1. The number of aryl methyl sites for hydroxylation is 1. The molecule has 0 aliphatic heterocycles. The first-order chi connectivity index (χ1) is 14.0. The Labute approximate surface area is 169 Å². The number of hydrogen-bond acceptors (Lipinski definition) is 3. The van der Waals surface area contributed by atoms with Crippen molar-refractivity contribution in [3.8, 4) is 5.75 Å². The lowest BCUT2D eigenvalue weighted by Gasteiger charge is -2.14. The van der Waals surface area contributed by atoms with Crippen LogP contribution in [0.1, 0.15) is 24.5 Å². The van der Waals surface area contributed by atoms with Crippen LogP contribution in [0.2, 0.25) is 0 Å². The predicted octanol–water partition coefficient (Wildman–Crippen LogP) is 3.56. The molecule has 1 unspecified atom stereocenters. The molecule has 0 fully saturated rings. The van der Waals surface area contributed by atoms with Crippen LogP contribution in [-0.2, 0) is 22.4 Å². The van der Waals surface area contributed by atoms with Crippen LogP contribution < -0.4 is 10.1 Å². The molecule has 6 heteroatoms. The fourth-order valence-electron chi connectivity index (χ4n) is 3.26. The highest BCUT2D eigenvalue weighted by Gasteiger charge is 2.19. The Hall–Kier alpha value is -3.28. The molecule has 0 bridgehead atoms. The number of carbonyl (C=O) groups excluding carboxylic acids is 1. The number of fused-ring (bicyclic) bond motifs is 1. The number of carboxylic acids is 1. The van der Waals surface area contributed by atoms with Gasteiger partial charge in [-0.15, -0.1) is 0 Å². The van der Waals surface area contributed by atoms with Crippen molar-refractivity contribution in [1.82, 2.24) is 10.3 Å². The van der Waals surface area contributed by atoms with Gasteiger partial charge in [-0.25, -0.2) is 0 Å². The van der Waals surface area contributed by atoms with Crippen molar-refractivity contribution in [3.63, 3.8) is 0 Å². The zero-order valence-electron chi connectivity index (χ0n) is 16.5. The monoisotopic (exact) mass is 394 g/mol. The van der Waals surface area contributed by atoms with E-state index in [1.54, 1.807) is 0 Å². The number of rotatable bonds is 10. The zero-order chi connectivity index (χ0) is 20.6. The molecular formula is C23H26N2O4. The molecule has 3 rings (SSSR count). The Morgan fingerprint density at radius 3 is 2.59 bits per heavy atom. The fraction of sp³-hybridized carbons (Fsp3) is 0.304. The summed E-state index contributed by atoms with van der Waals surface area (Å²) in [6, 6.07) is 15.4. The molecule has 0 spiro atoms. The summed E-state index contributed by atoms with van der Waals surface area (Å²) in [5, 5.41) is 13.4. The molecule has 0 radical (unpaired) electrons.